The summed E-state index contributed by atoms with van der Waals surface area (Å²) >= 11 is 0. The summed E-state index contributed by atoms with van der Waals surface area (Å²) in [6.07, 6.45) is 0. The molecule has 0 heterocycles. The van der Waals surface area contributed by atoms with Gasteiger partial charge in [0.25, 0.3) is 0 Å². The molecule has 0 radical (unpaired) electrons. The molecule has 0 saturated heterocycles. The fourth-order valence-corrected chi connectivity index (χ4v) is 2.06. The molecule has 0 aromatic heterocycles. The molecule has 0 aliphatic carbocycles. The van der Waals surface area contributed by atoms with E-state index in [-0.39, 0.29) is 24.4 Å². The minimum absolute atomic E-state index is 0.0162. The molecule has 0 aliphatic rings. The first-order valence-electron chi connectivity index (χ1n) is 6.45. The highest BCUT2D eigenvalue weighted by Gasteiger charge is 2.16. The van der Waals surface area contributed by atoms with Gasteiger partial charge >= 0.3 is 0 Å². The van der Waals surface area contributed by atoms with Crippen LogP contribution in [0.25, 0.3) is 0 Å². The quantitative estimate of drug-likeness (QED) is 0.906. The molecule has 1 N–H and O–H groups in total. The Labute approximate surface area is 114 Å². The normalized spacial score (nSPS) is 10.4. The summed E-state index contributed by atoms with van der Waals surface area (Å²) in [6, 6.07) is 5.89. The summed E-state index contributed by atoms with van der Waals surface area (Å²) in [5, 5.41) is 2.83. The lowest BCUT2D eigenvalue weighted by molar-refractivity contribution is -0.134. The molecule has 0 aliphatic heterocycles. The molecule has 0 atom stereocenters. The van der Waals surface area contributed by atoms with Crippen LogP contribution in [0.5, 0.6) is 0 Å². The molecule has 4 nitrogen and oxygen atoms in total. The van der Waals surface area contributed by atoms with Crippen LogP contribution in [0.15, 0.2) is 18.2 Å². The summed E-state index contributed by atoms with van der Waals surface area (Å²) in [4.78, 5) is 24.9. The summed E-state index contributed by atoms with van der Waals surface area (Å²) in [5.41, 5.74) is 2.97. The van der Waals surface area contributed by atoms with Gasteiger partial charge in [0.1, 0.15) is 6.54 Å². The average Bonchev–Trinajstić information content (AvgIpc) is 2.23. The van der Waals surface area contributed by atoms with E-state index >= 15 is 0 Å². The lowest BCUT2D eigenvalue weighted by atomic mass is 10.1. The van der Waals surface area contributed by atoms with E-state index in [1.54, 1.807) is 0 Å². The first-order chi connectivity index (χ1) is 8.79. The number of amides is 2. The number of hydrogen-bond acceptors (Lipinski definition) is 2. The molecular weight excluding hydrogens is 240 g/mol. The number of hydrogen-bond donors (Lipinski definition) is 1. The zero-order chi connectivity index (χ0) is 14.6. The van der Waals surface area contributed by atoms with Gasteiger partial charge in [-0.2, -0.15) is 0 Å². The third-order valence-corrected chi connectivity index (χ3v) is 2.85. The van der Waals surface area contributed by atoms with Crippen molar-refractivity contribution in [3.63, 3.8) is 0 Å². The smallest absolute Gasteiger partial charge is 0.244 e. The van der Waals surface area contributed by atoms with Crippen LogP contribution < -0.4 is 5.32 Å². The SMILES string of the molecule is CC(=O)N(CC(=O)Nc1cc(C)cc(C)c1)C(C)C. The Kier molecular flexibility index (Phi) is 5.10. The Balaban J connectivity index is 2.71. The first kappa shape index (κ1) is 15.2. The van der Waals surface area contributed by atoms with Gasteiger partial charge in [-0.05, 0) is 51.0 Å². The van der Waals surface area contributed by atoms with Crippen LogP contribution >= 0.6 is 0 Å². The number of nitrogens with zero attached hydrogens (tertiary/aromatic N) is 1. The van der Waals surface area contributed by atoms with Gasteiger partial charge in [0.15, 0.2) is 0 Å². The standard InChI is InChI=1S/C15H22N2O2/c1-10(2)17(13(5)18)9-15(19)16-14-7-11(3)6-12(4)8-14/h6-8,10H,9H2,1-5H3,(H,16,19). The van der Waals surface area contributed by atoms with Crippen LogP contribution in [-0.2, 0) is 9.59 Å². The number of nitrogens with one attached hydrogen (secondary N) is 1. The zero-order valence-corrected chi connectivity index (χ0v) is 12.3. The number of rotatable bonds is 4. The second kappa shape index (κ2) is 6.36. The maximum Gasteiger partial charge on any atom is 0.244 e. The van der Waals surface area contributed by atoms with Crippen molar-refractivity contribution in [2.45, 2.75) is 40.7 Å². The predicted molar refractivity (Wildman–Crippen MR) is 77.1 cm³/mol. The highest BCUT2D eigenvalue weighted by molar-refractivity contribution is 5.94. The molecule has 0 unspecified atom stereocenters. The van der Waals surface area contributed by atoms with Crippen molar-refractivity contribution < 1.29 is 9.59 Å². The van der Waals surface area contributed by atoms with E-state index in [1.807, 2.05) is 45.9 Å². The van der Waals surface area contributed by atoms with Crippen molar-refractivity contribution in [2.24, 2.45) is 0 Å². The van der Waals surface area contributed by atoms with Crippen LogP contribution in [0.2, 0.25) is 0 Å². The van der Waals surface area contributed by atoms with Gasteiger partial charge in [0.2, 0.25) is 11.8 Å². The average molecular weight is 262 g/mol. The third kappa shape index (κ3) is 4.73. The predicted octanol–water partition coefficient (Wildman–Crippen LogP) is 2.50. The molecule has 104 valence electrons. The molecule has 0 spiro atoms. The second-order valence-electron chi connectivity index (χ2n) is 5.17. The number of carbonyl (C=O) groups is 2. The molecule has 1 aromatic rings. The molecule has 0 bridgehead atoms. The van der Waals surface area contributed by atoms with Crippen molar-refractivity contribution >= 4 is 17.5 Å². The minimum Gasteiger partial charge on any atom is -0.331 e. The Morgan fingerprint density at radius 2 is 1.68 bits per heavy atom. The summed E-state index contributed by atoms with van der Waals surface area (Å²) < 4.78 is 0. The van der Waals surface area contributed by atoms with E-state index in [4.69, 9.17) is 0 Å². The molecule has 4 heteroatoms. The van der Waals surface area contributed by atoms with Gasteiger partial charge in [-0.25, -0.2) is 0 Å². The molecular formula is C15H22N2O2. The van der Waals surface area contributed by atoms with Crippen LogP contribution in [0.3, 0.4) is 0 Å². The van der Waals surface area contributed by atoms with Crippen LogP contribution in [0.4, 0.5) is 5.69 Å². The molecule has 2 amide bonds. The highest BCUT2D eigenvalue weighted by atomic mass is 16.2. The monoisotopic (exact) mass is 262 g/mol. The number of benzene rings is 1. The van der Waals surface area contributed by atoms with Gasteiger partial charge in [0, 0.05) is 18.7 Å². The fourth-order valence-electron chi connectivity index (χ4n) is 2.06. The van der Waals surface area contributed by atoms with Gasteiger partial charge in [-0.3, -0.25) is 9.59 Å². The summed E-state index contributed by atoms with van der Waals surface area (Å²) in [7, 11) is 0. The summed E-state index contributed by atoms with van der Waals surface area (Å²) in [5.74, 6) is -0.264. The Bertz CT molecular complexity index is 461. The van der Waals surface area contributed by atoms with Crippen molar-refractivity contribution in [2.75, 3.05) is 11.9 Å². The Morgan fingerprint density at radius 3 is 2.11 bits per heavy atom. The number of aryl methyl sites for hydroxylation is 2. The van der Waals surface area contributed by atoms with Gasteiger partial charge < -0.3 is 10.2 Å². The Hall–Kier alpha value is -1.84. The van der Waals surface area contributed by atoms with E-state index in [0.29, 0.717) is 0 Å². The topological polar surface area (TPSA) is 49.4 Å². The van der Waals surface area contributed by atoms with E-state index in [0.717, 1.165) is 16.8 Å². The van der Waals surface area contributed by atoms with E-state index in [1.165, 1.54) is 11.8 Å². The molecule has 0 saturated carbocycles. The second-order valence-corrected chi connectivity index (χ2v) is 5.17. The first-order valence-corrected chi connectivity index (χ1v) is 6.45. The molecule has 1 aromatic carbocycles. The van der Waals surface area contributed by atoms with E-state index in [2.05, 4.69) is 5.32 Å². The van der Waals surface area contributed by atoms with Crippen molar-refractivity contribution in [1.82, 2.24) is 4.90 Å². The summed E-state index contributed by atoms with van der Waals surface area (Å²) in [6.45, 7) is 9.32. The van der Waals surface area contributed by atoms with Crippen molar-refractivity contribution in [3.05, 3.63) is 29.3 Å². The van der Waals surface area contributed by atoms with E-state index < -0.39 is 0 Å². The van der Waals surface area contributed by atoms with Gasteiger partial charge in [-0.15, -0.1) is 0 Å². The molecule has 0 fully saturated rings. The van der Waals surface area contributed by atoms with E-state index in [9.17, 15) is 9.59 Å². The largest absolute Gasteiger partial charge is 0.331 e. The highest BCUT2D eigenvalue weighted by Crippen LogP contribution is 2.13. The number of anilines is 1. The lowest BCUT2D eigenvalue weighted by Crippen LogP contribution is -2.41. The van der Waals surface area contributed by atoms with Crippen molar-refractivity contribution in [1.29, 1.82) is 0 Å². The van der Waals surface area contributed by atoms with Crippen molar-refractivity contribution in [3.8, 4) is 0 Å². The maximum atomic E-state index is 11.9. The van der Waals surface area contributed by atoms with Crippen LogP contribution in [0, 0.1) is 13.8 Å². The fraction of sp³-hybridized carbons (Fsp3) is 0.467. The van der Waals surface area contributed by atoms with Gasteiger partial charge in [-0.1, -0.05) is 6.07 Å². The molecule has 19 heavy (non-hydrogen) atoms. The maximum absolute atomic E-state index is 11.9. The van der Waals surface area contributed by atoms with Gasteiger partial charge in [0.05, 0.1) is 0 Å². The molecule has 1 rings (SSSR count). The third-order valence-electron chi connectivity index (χ3n) is 2.85. The lowest BCUT2D eigenvalue weighted by Gasteiger charge is -2.24. The number of carbonyl (C=O) groups excluding carboxylic acids is 2. The van der Waals surface area contributed by atoms with Crippen LogP contribution in [-0.4, -0.2) is 29.3 Å². The minimum atomic E-state index is -0.172. The van der Waals surface area contributed by atoms with Crippen LogP contribution in [0.1, 0.15) is 31.9 Å². The Morgan fingerprint density at radius 1 is 1.16 bits per heavy atom. The zero-order valence-electron chi connectivity index (χ0n) is 12.3.